The Bertz CT molecular complexity index is 1520. The van der Waals surface area contributed by atoms with Crippen molar-refractivity contribution in [2.45, 2.75) is 13.0 Å². The van der Waals surface area contributed by atoms with Gasteiger partial charge in [-0.15, -0.1) is 0 Å². The van der Waals surface area contributed by atoms with Gasteiger partial charge in [0.05, 0.1) is 17.2 Å². The van der Waals surface area contributed by atoms with Crippen LogP contribution >= 0.6 is 11.6 Å². The first kappa shape index (κ1) is 26.2. The van der Waals surface area contributed by atoms with E-state index < -0.39 is 34.0 Å². The molecular weight excluding hydrogens is 519 g/mol. The van der Waals surface area contributed by atoms with Gasteiger partial charge in [0.2, 0.25) is 5.76 Å². The fourth-order valence-electron chi connectivity index (χ4n) is 3.69. The Labute approximate surface area is 220 Å². The first-order chi connectivity index (χ1) is 18.1. The first-order valence-corrected chi connectivity index (χ1v) is 11.5. The summed E-state index contributed by atoms with van der Waals surface area (Å²) in [6.45, 7) is 1.81. The summed E-state index contributed by atoms with van der Waals surface area (Å²) in [4.78, 5) is 35.1. The monoisotopic (exact) mass is 538 g/mol. The topological polar surface area (TPSA) is 147 Å². The second-order valence-corrected chi connectivity index (χ2v) is 8.58. The molecule has 4 rings (SSSR count). The normalized spacial score (nSPS) is 11.4. The van der Waals surface area contributed by atoms with Crippen molar-refractivity contribution in [1.29, 1.82) is 0 Å². The second kappa shape index (κ2) is 11.0. The lowest BCUT2D eigenvalue weighted by Crippen LogP contribution is -2.41. The number of aromatic hydroxyl groups is 1. The predicted octanol–water partition coefficient (Wildman–Crippen LogP) is 5.60. The fraction of sp³-hybridized carbons (Fsp3) is 0.0769. The zero-order valence-electron chi connectivity index (χ0n) is 19.7. The maximum absolute atomic E-state index is 14.2. The fourth-order valence-corrected chi connectivity index (χ4v) is 3.85. The smallest absolute Gasteiger partial charge is 0.311 e. The van der Waals surface area contributed by atoms with E-state index in [2.05, 4.69) is 16.2 Å². The number of furan rings is 1. The van der Waals surface area contributed by atoms with E-state index in [4.69, 9.17) is 16.0 Å². The molecule has 1 heterocycles. The van der Waals surface area contributed by atoms with Crippen LogP contribution in [-0.4, -0.2) is 21.8 Å². The van der Waals surface area contributed by atoms with Crippen molar-refractivity contribution in [3.8, 4) is 16.9 Å². The average Bonchev–Trinajstić information content (AvgIpc) is 3.37. The summed E-state index contributed by atoms with van der Waals surface area (Å²) < 4.78 is 19.5. The maximum atomic E-state index is 14.2. The number of amides is 2. The number of nitrogens with one attached hydrogen (secondary N) is 3. The third-order valence-electron chi connectivity index (χ3n) is 5.60. The molecule has 1 atom stereocenters. The molecule has 194 valence electrons. The average molecular weight is 539 g/mol. The third-order valence-corrected chi connectivity index (χ3v) is 5.84. The number of nitro benzene ring substituents is 1. The second-order valence-electron chi connectivity index (χ2n) is 8.14. The van der Waals surface area contributed by atoms with Gasteiger partial charge in [-0.3, -0.25) is 30.6 Å². The molecule has 38 heavy (non-hydrogen) atoms. The van der Waals surface area contributed by atoms with E-state index >= 15 is 0 Å². The minimum absolute atomic E-state index is 0.0840. The first-order valence-electron chi connectivity index (χ1n) is 11.1. The highest BCUT2D eigenvalue weighted by molar-refractivity contribution is 6.30. The van der Waals surface area contributed by atoms with E-state index in [1.165, 1.54) is 18.4 Å². The zero-order chi connectivity index (χ0) is 27.4. The van der Waals surface area contributed by atoms with Gasteiger partial charge in [-0.25, -0.2) is 4.39 Å². The van der Waals surface area contributed by atoms with Crippen LogP contribution in [0.5, 0.6) is 5.75 Å². The summed E-state index contributed by atoms with van der Waals surface area (Å²) in [5.41, 5.74) is 5.80. The molecule has 2 amide bonds. The van der Waals surface area contributed by atoms with Crippen LogP contribution in [-0.2, 0) is 0 Å². The summed E-state index contributed by atoms with van der Waals surface area (Å²) in [6, 6.07) is 15.8. The summed E-state index contributed by atoms with van der Waals surface area (Å²) in [5, 5.41) is 24.0. The van der Waals surface area contributed by atoms with Gasteiger partial charge in [0.15, 0.2) is 5.75 Å². The Hall–Kier alpha value is -4.90. The number of nitro groups is 1. The molecule has 4 aromatic rings. The highest BCUT2D eigenvalue weighted by Crippen LogP contribution is 2.29. The molecule has 1 aromatic heterocycles. The molecule has 0 aliphatic rings. The highest BCUT2D eigenvalue weighted by Gasteiger charge is 2.20. The van der Waals surface area contributed by atoms with Gasteiger partial charge < -0.3 is 14.8 Å². The number of hydrogen-bond donors (Lipinski definition) is 4. The Morgan fingerprint density at radius 3 is 2.42 bits per heavy atom. The van der Waals surface area contributed by atoms with Gasteiger partial charge in [-0.2, -0.15) is 0 Å². The van der Waals surface area contributed by atoms with E-state index in [1.54, 1.807) is 42.5 Å². The van der Waals surface area contributed by atoms with Crippen molar-refractivity contribution in [1.82, 2.24) is 10.9 Å². The van der Waals surface area contributed by atoms with Gasteiger partial charge in [-0.05, 0) is 55.0 Å². The van der Waals surface area contributed by atoms with Gasteiger partial charge in [0.25, 0.3) is 5.91 Å². The SMILES string of the molecule is CC(Nc1ccc(-c2ccoc2C(=O)NNC(=O)c2ccc(O)c([N+](=O)[O-])c2)cc1)c1ccc(Cl)cc1F. The Morgan fingerprint density at radius 1 is 1.03 bits per heavy atom. The van der Waals surface area contributed by atoms with Crippen LogP contribution in [0.3, 0.4) is 0 Å². The Kier molecular flexibility index (Phi) is 7.58. The van der Waals surface area contributed by atoms with Crippen LogP contribution in [0.25, 0.3) is 11.1 Å². The molecule has 1 unspecified atom stereocenters. The summed E-state index contributed by atoms with van der Waals surface area (Å²) in [5.74, 6) is -2.70. The van der Waals surface area contributed by atoms with Crippen molar-refractivity contribution in [3.05, 3.63) is 111 Å². The molecule has 0 radical (unpaired) electrons. The van der Waals surface area contributed by atoms with Crippen LogP contribution < -0.4 is 16.2 Å². The molecule has 3 aromatic carbocycles. The van der Waals surface area contributed by atoms with Gasteiger partial charge in [-0.1, -0.05) is 29.8 Å². The van der Waals surface area contributed by atoms with E-state index in [0.717, 1.165) is 12.1 Å². The standard InChI is InChI=1S/C26H20ClFN4O6/c1-14(19-8-5-17(27)13-21(19)28)29-18-6-2-15(3-7-18)20-10-11-38-24(20)26(35)31-30-25(34)16-4-9-23(33)22(12-16)32(36)37/h2-14,29,33H,1H3,(H,30,34)(H,31,35). The van der Waals surface area contributed by atoms with Crippen LogP contribution in [0.15, 0.2) is 77.4 Å². The molecular formula is C26H20ClFN4O6. The lowest BCUT2D eigenvalue weighted by Gasteiger charge is -2.17. The zero-order valence-corrected chi connectivity index (χ0v) is 20.5. The van der Waals surface area contributed by atoms with E-state index in [-0.39, 0.29) is 17.4 Å². The van der Waals surface area contributed by atoms with Gasteiger partial charge in [0.1, 0.15) is 5.82 Å². The molecule has 4 N–H and O–H groups in total. The highest BCUT2D eigenvalue weighted by atomic mass is 35.5. The predicted molar refractivity (Wildman–Crippen MR) is 137 cm³/mol. The number of rotatable bonds is 7. The van der Waals surface area contributed by atoms with Crippen LogP contribution in [0.4, 0.5) is 15.8 Å². The number of anilines is 1. The number of nitrogens with zero attached hydrogens (tertiary/aromatic N) is 1. The Balaban J connectivity index is 1.42. The van der Waals surface area contributed by atoms with Gasteiger partial charge >= 0.3 is 11.6 Å². The minimum atomic E-state index is -0.837. The molecule has 0 aliphatic carbocycles. The summed E-state index contributed by atoms with van der Waals surface area (Å²) in [6.07, 6.45) is 1.31. The van der Waals surface area contributed by atoms with Crippen molar-refractivity contribution in [2.75, 3.05) is 5.32 Å². The van der Waals surface area contributed by atoms with Crippen LogP contribution in [0.1, 0.15) is 39.4 Å². The Morgan fingerprint density at radius 2 is 1.74 bits per heavy atom. The van der Waals surface area contributed by atoms with E-state index in [1.807, 2.05) is 6.92 Å². The van der Waals surface area contributed by atoms with E-state index in [0.29, 0.717) is 27.4 Å². The molecule has 0 bridgehead atoms. The van der Waals surface area contributed by atoms with Crippen molar-refractivity contribution in [2.24, 2.45) is 0 Å². The number of carbonyl (C=O) groups excluding carboxylic acids is 2. The number of phenols is 1. The molecule has 12 heteroatoms. The molecule has 0 saturated heterocycles. The molecule has 0 spiro atoms. The molecule has 10 nitrogen and oxygen atoms in total. The maximum Gasteiger partial charge on any atom is 0.311 e. The van der Waals surface area contributed by atoms with Crippen LogP contribution in [0.2, 0.25) is 5.02 Å². The lowest BCUT2D eigenvalue weighted by atomic mass is 10.0. The van der Waals surface area contributed by atoms with Crippen molar-refractivity contribution < 1.29 is 28.4 Å². The van der Waals surface area contributed by atoms with Crippen molar-refractivity contribution >= 4 is 34.8 Å². The number of hydrogen-bond acceptors (Lipinski definition) is 7. The number of benzene rings is 3. The quantitative estimate of drug-likeness (QED) is 0.177. The van der Waals surface area contributed by atoms with Crippen LogP contribution in [0, 0.1) is 15.9 Å². The van der Waals surface area contributed by atoms with Crippen molar-refractivity contribution in [3.63, 3.8) is 0 Å². The van der Waals surface area contributed by atoms with E-state index in [9.17, 15) is 29.2 Å². The minimum Gasteiger partial charge on any atom is -0.502 e. The summed E-state index contributed by atoms with van der Waals surface area (Å²) >= 11 is 5.82. The molecule has 0 saturated carbocycles. The lowest BCUT2D eigenvalue weighted by molar-refractivity contribution is -0.385. The molecule has 0 fully saturated rings. The number of phenolic OH excluding ortho intramolecular Hbond substituents is 1. The number of halogens is 2. The summed E-state index contributed by atoms with van der Waals surface area (Å²) in [7, 11) is 0. The third kappa shape index (κ3) is 5.73. The number of carbonyl (C=O) groups is 2. The largest absolute Gasteiger partial charge is 0.502 e. The number of hydrazine groups is 1. The van der Waals surface area contributed by atoms with Gasteiger partial charge in [0, 0.05) is 33.5 Å². The molecule has 0 aliphatic heterocycles.